The van der Waals surface area contributed by atoms with E-state index in [0.717, 1.165) is 5.56 Å². The second-order valence-corrected chi connectivity index (χ2v) is 5.29. The van der Waals surface area contributed by atoms with Crippen molar-refractivity contribution in [1.82, 2.24) is 0 Å². The van der Waals surface area contributed by atoms with Crippen molar-refractivity contribution in [3.63, 3.8) is 0 Å². The molecule has 0 aliphatic heterocycles. The van der Waals surface area contributed by atoms with Crippen molar-refractivity contribution in [3.05, 3.63) is 69.1 Å². The third-order valence-electron chi connectivity index (χ3n) is 3.35. The summed E-state index contributed by atoms with van der Waals surface area (Å²) in [6.45, 7) is 0. The van der Waals surface area contributed by atoms with E-state index in [1.54, 1.807) is 18.2 Å². The fourth-order valence-corrected chi connectivity index (χ4v) is 2.72. The smallest absolute Gasteiger partial charge is 0.163 e. The minimum atomic E-state index is -0.378. The van der Waals surface area contributed by atoms with Crippen LogP contribution in [-0.2, 0) is 0 Å². The third kappa shape index (κ3) is 2.29. The van der Waals surface area contributed by atoms with Crippen molar-refractivity contribution in [2.75, 3.05) is 0 Å². The average molecular weight is 295 g/mol. The van der Waals surface area contributed by atoms with Gasteiger partial charge >= 0.3 is 0 Å². The van der Waals surface area contributed by atoms with Crippen LogP contribution in [0.2, 0.25) is 10.0 Å². The summed E-state index contributed by atoms with van der Waals surface area (Å²) >= 11 is 12.0. The van der Waals surface area contributed by atoms with Gasteiger partial charge in [-0.25, -0.2) is 0 Å². The molecule has 1 unspecified atom stereocenters. The number of fused-ring (bicyclic) bond motifs is 1. The van der Waals surface area contributed by atoms with Crippen molar-refractivity contribution in [3.8, 4) is 0 Å². The van der Waals surface area contributed by atoms with Crippen LogP contribution in [0.3, 0.4) is 0 Å². The number of benzene rings is 2. The Kier molecular flexibility index (Phi) is 2.31. The van der Waals surface area contributed by atoms with E-state index in [9.17, 15) is 4.79 Å². The van der Waals surface area contributed by atoms with Gasteiger partial charge in [-0.3, -0.25) is 4.79 Å². The summed E-state index contributed by atoms with van der Waals surface area (Å²) in [6, 6.07) is 3.99. The van der Waals surface area contributed by atoms with E-state index in [4.69, 9.17) is 28.7 Å². The maximum Gasteiger partial charge on any atom is 0.163 e. The Labute approximate surface area is 127 Å². The molecule has 3 rings (SSSR count). The number of rotatable bonds is 1. The fourth-order valence-electron chi connectivity index (χ4n) is 2.41. The monoisotopic (exact) mass is 294 g/mol. The van der Waals surface area contributed by atoms with Gasteiger partial charge in [-0.15, -0.1) is 0 Å². The Morgan fingerprint density at radius 3 is 2.74 bits per heavy atom. The zero-order valence-electron chi connectivity index (χ0n) is 13.9. The van der Waals surface area contributed by atoms with E-state index < -0.39 is 0 Å². The molecule has 19 heavy (non-hydrogen) atoms. The summed E-state index contributed by atoms with van der Waals surface area (Å²) in [6.07, 6.45) is 0.714. The Hall–Kier alpha value is -1.31. The molecule has 0 heterocycles. The van der Waals surface area contributed by atoms with Gasteiger partial charge in [0.15, 0.2) is 5.78 Å². The van der Waals surface area contributed by atoms with Crippen LogP contribution in [-0.4, -0.2) is 5.78 Å². The normalized spacial score (nSPS) is 21.2. The van der Waals surface area contributed by atoms with E-state index in [1.807, 2.05) is 0 Å². The van der Waals surface area contributed by atoms with Crippen LogP contribution in [0.15, 0.2) is 42.4 Å². The minimum Gasteiger partial charge on any atom is -0.294 e. The predicted molar refractivity (Wildman–Crippen MR) is 78.3 cm³/mol. The summed E-state index contributed by atoms with van der Waals surface area (Å²) < 4.78 is 31.8. The Morgan fingerprint density at radius 2 is 1.95 bits per heavy atom. The minimum absolute atomic E-state index is 0.0957. The molecule has 0 aromatic heterocycles. The van der Waals surface area contributed by atoms with Crippen molar-refractivity contribution in [1.29, 1.82) is 0 Å². The molecule has 0 radical (unpaired) electrons. The van der Waals surface area contributed by atoms with Crippen LogP contribution >= 0.6 is 23.2 Å². The summed E-state index contributed by atoms with van der Waals surface area (Å²) in [5.74, 6) is -0.554. The zero-order chi connectivity index (χ0) is 16.9. The summed E-state index contributed by atoms with van der Waals surface area (Å²) in [7, 11) is 0. The third-order valence-corrected chi connectivity index (χ3v) is 4.09. The number of Topliss-reactive ketones (excluding diaryl/α,β-unsaturated/α-hetero) is 1. The molecule has 0 saturated carbocycles. The first kappa shape index (κ1) is 8.78. The first-order valence-corrected chi connectivity index (χ1v) is 6.67. The predicted octanol–water partition coefficient (Wildman–Crippen LogP) is 5.10. The zero-order valence-corrected chi connectivity index (χ0v) is 11.4. The van der Waals surface area contributed by atoms with Crippen molar-refractivity contribution in [2.24, 2.45) is 0 Å². The van der Waals surface area contributed by atoms with Gasteiger partial charge in [-0.05, 0) is 29.7 Å². The lowest BCUT2D eigenvalue weighted by molar-refractivity contribution is 0.0969. The van der Waals surface area contributed by atoms with Crippen LogP contribution in [0, 0.1) is 0 Å². The largest absolute Gasteiger partial charge is 0.294 e. The lowest BCUT2D eigenvalue weighted by atomic mass is 9.78. The van der Waals surface area contributed by atoms with Crippen LogP contribution < -0.4 is 0 Å². The van der Waals surface area contributed by atoms with Crippen molar-refractivity contribution >= 4 is 29.0 Å². The highest BCUT2D eigenvalue weighted by Crippen LogP contribution is 2.38. The Bertz CT molecular complexity index is 836. The number of hydrogen-bond acceptors (Lipinski definition) is 1. The molecule has 0 amide bonds. The lowest BCUT2D eigenvalue weighted by Crippen LogP contribution is -2.16. The molecular formula is C16H12Cl2O. The molecule has 1 aliphatic carbocycles. The molecule has 1 atom stereocenters. The Balaban J connectivity index is 2.27. The van der Waals surface area contributed by atoms with E-state index >= 15 is 0 Å². The SMILES string of the molecule is [2H]c1c([2H])c([2H])c2c(c1[2H])C(=O)CCC2c1ccc(Cl)c(Cl)c1. The van der Waals surface area contributed by atoms with Gasteiger partial charge in [0.2, 0.25) is 0 Å². The number of hydrogen-bond donors (Lipinski definition) is 0. The number of halogens is 2. The van der Waals surface area contributed by atoms with Crippen LogP contribution in [0.25, 0.3) is 0 Å². The van der Waals surface area contributed by atoms with Crippen LogP contribution in [0.5, 0.6) is 0 Å². The number of carbonyl (C=O) groups excluding carboxylic acids is 1. The van der Waals surface area contributed by atoms with E-state index in [0.29, 0.717) is 22.0 Å². The lowest BCUT2D eigenvalue weighted by Gasteiger charge is -2.25. The summed E-state index contributed by atoms with van der Waals surface area (Å²) in [5.41, 5.74) is 1.24. The highest BCUT2D eigenvalue weighted by molar-refractivity contribution is 6.42. The molecule has 0 N–H and O–H groups in total. The molecule has 0 saturated heterocycles. The Morgan fingerprint density at radius 1 is 1.16 bits per heavy atom. The van der Waals surface area contributed by atoms with Gasteiger partial charge in [0, 0.05) is 17.9 Å². The van der Waals surface area contributed by atoms with Gasteiger partial charge in [0.25, 0.3) is 0 Å². The average Bonchev–Trinajstić information content (AvgIpc) is 2.53. The maximum absolute atomic E-state index is 12.2. The van der Waals surface area contributed by atoms with Crippen LogP contribution in [0.4, 0.5) is 0 Å². The molecule has 1 aliphatic rings. The number of ketones is 1. The molecule has 1 nitrogen and oxygen atoms in total. The molecule has 3 heteroatoms. The van der Waals surface area contributed by atoms with Crippen LogP contribution in [0.1, 0.15) is 45.7 Å². The van der Waals surface area contributed by atoms with Gasteiger partial charge in [-0.1, -0.05) is 53.4 Å². The van der Waals surface area contributed by atoms with Gasteiger partial charge in [-0.2, -0.15) is 0 Å². The number of carbonyl (C=O) groups is 1. The fraction of sp³-hybridized carbons (Fsp3) is 0.188. The first-order valence-electron chi connectivity index (χ1n) is 7.91. The van der Waals surface area contributed by atoms with Gasteiger partial charge in [0.1, 0.15) is 0 Å². The van der Waals surface area contributed by atoms with E-state index in [1.165, 1.54) is 0 Å². The summed E-state index contributed by atoms with van der Waals surface area (Å²) in [5, 5.41) is 0.793. The topological polar surface area (TPSA) is 17.1 Å². The molecular weight excluding hydrogens is 279 g/mol. The molecule has 0 spiro atoms. The van der Waals surface area contributed by atoms with E-state index in [-0.39, 0.29) is 47.9 Å². The molecule has 0 fully saturated rings. The van der Waals surface area contributed by atoms with Gasteiger partial charge in [0.05, 0.1) is 15.5 Å². The maximum atomic E-state index is 12.2. The van der Waals surface area contributed by atoms with Crippen molar-refractivity contribution in [2.45, 2.75) is 18.8 Å². The first-order chi connectivity index (χ1) is 10.8. The quantitative estimate of drug-likeness (QED) is 0.715. The van der Waals surface area contributed by atoms with Gasteiger partial charge < -0.3 is 0 Å². The highest BCUT2D eigenvalue weighted by Gasteiger charge is 2.26. The molecule has 2 aromatic carbocycles. The second kappa shape index (κ2) is 4.99. The van der Waals surface area contributed by atoms with Crippen molar-refractivity contribution < 1.29 is 10.3 Å². The molecule has 2 aromatic rings. The second-order valence-electron chi connectivity index (χ2n) is 4.48. The highest BCUT2D eigenvalue weighted by atomic mass is 35.5. The standard InChI is InChI=1S/C16H12Cl2O/c17-14-7-5-10(9-15(14)18)11-6-8-16(19)13-4-2-1-3-12(11)13/h1-5,7,9,11H,6,8H2/i1D,2D,3D,4D. The molecule has 96 valence electrons. The molecule has 0 bridgehead atoms. The van der Waals surface area contributed by atoms with E-state index in [2.05, 4.69) is 0 Å². The summed E-state index contributed by atoms with van der Waals surface area (Å²) in [4.78, 5) is 12.2.